The lowest BCUT2D eigenvalue weighted by Crippen LogP contribution is -2.47. The van der Waals surface area contributed by atoms with E-state index in [1.54, 1.807) is 4.90 Å². The van der Waals surface area contributed by atoms with E-state index in [1.165, 1.54) is 0 Å². The topological polar surface area (TPSA) is 90.4 Å². The lowest BCUT2D eigenvalue weighted by molar-refractivity contribution is -0.144. The molecule has 2 aliphatic heterocycles. The van der Waals surface area contributed by atoms with E-state index in [0.29, 0.717) is 45.1 Å². The number of aliphatic carboxylic acids is 1. The minimum absolute atomic E-state index is 0.227. The van der Waals surface area contributed by atoms with Crippen molar-refractivity contribution in [3.63, 3.8) is 0 Å². The zero-order valence-electron chi connectivity index (χ0n) is 15.6. The number of rotatable bonds is 8. The van der Waals surface area contributed by atoms with Crippen molar-refractivity contribution in [2.24, 2.45) is 5.92 Å². The molecule has 0 aromatic rings. The van der Waals surface area contributed by atoms with Crippen LogP contribution >= 0.6 is 0 Å². The molecule has 0 spiro atoms. The molecule has 0 radical (unpaired) electrons. The molecule has 2 aliphatic rings. The molecule has 1 amide bonds. The highest BCUT2D eigenvalue weighted by Gasteiger charge is 2.29. The van der Waals surface area contributed by atoms with Gasteiger partial charge < -0.3 is 24.4 Å². The van der Waals surface area contributed by atoms with E-state index >= 15 is 0 Å². The molecule has 0 saturated carbocycles. The highest BCUT2D eigenvalue weighted by atomic mass is 16.6. The summed E-state index contributed by atoms with van der Waals surface area (Å²) in [6, 6.07) is -0.573. The summed E-state index contributed by atoms with van der Waals surface area (Å²) in [6.07, 6.45) is 3.81. The number of amides is 1. The van der Waals surface area contributed by atoms with E-state index in [9.17, 15) is 19.5 Å². The van der Waals surface area contributed by atoms with E-state index in [-0.39, 0.29) is 12.5 Å². The Labute approximate surface area is 155 Å². The van der Waals surface area contributed by atoms with E-state index < -0.39 is 12.0 Å². The third kappa shape index (κ3) is 6.25. The van der Waals surface area contributed by atoms with Gasteiger partial charge in [-0.25, -0.2) is 4.79 Å². The highest BCUT2D eigenvalue weighted by molar-refractivity contribution is 5.74. The number of ether oxygens (including phenoxy) is 1. The van der Waals surface area contributed by atoms with Crippen molar-refractivity contribution in [3.8, 4) is 0 Å². The van der Waals surface area contributed by atoms with Gasteiger partial charge in [-0.2, -0.15) is 0 Å². The molecule has 148 valence electrons. The van der Waals surface area contributed by atoms with Crippen LogP contribution in [-0.2, 0) is 14.3 Å². The van der Waals surface area contributed by atoms with Crippen molar-refractivity contribution in [1.82, 2.24) is 14.7 Å². The van der Waals surface area contributed by atoms with Crippen LogP contribution in [0.25, 0.3) is 0 Å². The number of carboxylic acids is 1. The average molecular weight is 369 g/mol. The standard InChI is InChI=1S/C18H31N3O5/c1-19-9-11-21(12-10-19)18(25)26-14-6-15-4-7-20(8-5-15)16(17(23)24)3-2-13-22/h13,15-16H,2-12,14H2,1H3,(H,23,24). The van der Waals surface area contributed by atoms with Crippen molar-refractivity contribution in [2.45, 2.75) is 38.1 Å². The number of hydrogen-bond donors (Lipinski definition) is 1. The monoisotopic (exact) mass is 369 g/mol. The maximum Gasteiger partial charge on any atom is 0.409 e. The van der Waals surface area contributed by atoms with Gasteiger partial charge >= 0.3 is 12.1 Å². The van der Waals surface area contributed by atoms with Crippen molar-refractivity contribution in [1.29, 1.82) is 0 Å². The number of nitrogens with zero attached hydrogens (tertiary/aromatic N) is 3. The van der Waals surface area contributed by atoms with E-state index in [1.807, 2.05) is 11.9 Å². The summed E-state index contributed by atoms with van der Waals surface area (Å²) in [5, 5.41) is 9.34. The maximum absolute atomic E-state index is 12.0. The summed E-state index contributed by atoms with van der Waals surface area (Å²) < 4.78 is 5.41. The minimum atomic E-state index is -0.855. The second-order valence-corrected chi connectivity index (χ2v) is 7.27. The van der Waals surface area contributed by atoms with Crippen LogP contribution in [0.2, 0.25) is 0 Å². The first kappa shape index (κ1) is 20.6. The number of likely N-dealkylation sites (N-methyl/N-ethyl adjacent to an activating group) is 1. The average Bonchev–Trinajstić information content (AvgIpc) is 2.63. The zero-order chi connectivity index (χ0) is 18.9. The van der Waals surface area contributed by atoms with Crippen LogP contribution in [0.1, 0.15) is 32.1 Å². The molecule has 26 heavy (non-hydrogen) atoms. The van der Waals surface area contributed by atoms with Gasteiger partial charge in [-0.15, -0.1) is 0 Å². The second-order valence-electron chi connectivity index (χ2n) is 7.27. The third-order valence-electron chi connectivity index (χ3n) is 5.45. The fraction of sp³-hybridized carbons (Fsp3) is 0.833. The number of carbonyl (C=O) groups is 3. The molecule has 2 rings (SSSR count). The number of likely N-dealkylation sites (tertiary alicyclic amines) is 1. The molecule has 0 aromatic carbocycles. The Kier molecular flexibility index (Phi) is 8.31. The van der Waals surface area contributed by atoms with Crippen LogP contribution in [0.4, 0.5) is 4.79 Å². The number of carboxylic acid groups (broad SMARTS) is 1. The molecule has 8 heteroatoms. The van der Waals surface area contributed by atoms with Crippen molar-refractivity contribution in [2.75, 3.05) is 52.9 Å². The summed E-state index contributed by atoms with van der Waals surface area (Å²) in [5.74, 6) is -0.404. The first-order valence-electron chi connectivity index (χ1n) is 9.52. The van der Waals surface area contributed by atoms with Gasteiger partial charge in [0.2, 0.25) is 0 Å². The Balaban J connectivity index is 1.64. The van der Waals surface area contributed by atoms with Crippen molar-refractivity contribution < 1.29 is 24.2 Å². The van der Waals surface area contributed by atoms with Crippen LogP contribution in [-0.4, -0.2) is 97.1 Å². The Bertz CT molecular complexity index is 471. The van der Waals surface area contributed by atoms with E-state index in [0.717, 1.165) is 38.6 Å². The van der Waals surface area contributed by atoms with Gasteiger partial charge in [0.15, 0.2) is 0 Å². The molecule has 0 aromatic heterocycles. The Morgan fingerprint density at radius 2 is 1.81 bits per heavy atom. The molecule has 2 saturated heterocycles. The first-order valence-corrected chi connectivity index (χ1v) is 9.52. The Hall–Kier alpha value is -1.67. The predicted octanol–water partition coefficient (Wildman–Crippen LogP) is 0.905. The number of hydrogen-bond acceptors (Lipinski definition) is 6. The van der Waals surface area contributed by atoms with E-state index in [4.69, 9.17) is 4.74 Å². The quantitative estimate of drug-likeness (QED) is 0.636. The maximum atomic E-state index is 12.0. The third-order valence-corrected chi connectivity index (χ3v) is 5.45. The van der Waals surface area contributed by atoms with Gasteiger partial charge in [0.1, 0.15) is 12.3 Å². The van der Waals surface area contributed by atoms with E-state index in [2.05, 4.69) is 4.90 Å². The van der Waals surface area contributed by atoms with Gasteiger partial charge in [-0.1, -0.05) is 0 Å². The number of piperidine rings is 1. The van der Waals surface area contributed by atoms with Gasteiger partial charge in [-0.05, 0) is 51.7 Å². The molecule has 2 heterocycles. The number of carbonyl (C=O) groups excluding carboxylic acids is 2. The van der Waals surface area contributed by atoms with Crippen LogP contribution in [0.3, 0.4) is 0 Å². The highest BCUT2D eigenvalue weighted by Crippen LogP contribution is 2.23. The minimum Gasteiger partial charge on any atom is -0.480 e. The fourth-order valence-electron chi connectivity index (χ4n) is 3.63. The molecule has 8 nitrogen and oxygen atoms in total. The largest absolute Gasteiger partial charge is 0.480 e. The van der Waals surface area contributed by atoms with Crippen LogP contribution in [0.5, 0.6) is 0 Å². The predicted molar refractivity (Wildman–Crippen MR) is 96.1 cm³/mol. The van der Waals surface area contributed by atoms with Crippen LogP contribution < -0.4 is 0 Å². The fourth-order valence-corrected chi connectivity index (χ4v) is 3.63. The normalized spacial score (nSPS) is 21.3. The number of piperazine rings is 1. The lowest BCUT2D eigenvalue weighted by atomic mass is 9.92. The van der Waals surface area contributed by atoms with Crippen LogP contribution in [0, 0.1) is 5.92 Å². The zero-order valence-corrected chi connectivity index (χ0v) is 15.6. The summed E-state index contributed by atoms with van der Waals surface area (Å²) in [5.41, 5.74) is 0. The van der Waals surface area contributed by atoms with Gasteiger partial charge in [0.25, 0.3) is 0 Å². The van der Waals surface area contributed by atoms with Gasteiger partial charge in [0.05, 0.1) is 6.61 Å². The second kappa shape index (κ2) is 10.5. The lowest BCUT2D eigenvalue weighted by Gasteiger charge is -2.35. The molecule has 0 bridgehead atoms. The number of aldehydes is 1. The molecule has 1 atom stereocenters. The SMILES string of the molecule is CN1CCN(C(=O)OCCC2CCN(C(CCC=O)C(=O)O)CC2)CC1. The summed E-state index contributed by atoms with van der Waals surface area (Å²) in [7, 11) is 2.04. The van der Waals surface area contributed by atoms with Gasteiger partial charge in [-0.3, -0.25) is 9.69 Å². The summed E-state index contributed by atoms with van der Waals surface area (Å²) in [6.45, 7) is 5.03. The Morgan fingerprint density at radius 3 is 2.38 bits per heavy atom. The Morgan fingerprint density at radius 1 is 1.15 bits per heavy atom. The molecule has 0 aliphatic carbocycles. The summed E-state index contributed by atoms with van der Waals surface area (Å²) in [4.78, 5) is 39.8. The molecule has 1 unspecified atom stereocenters. The summed E-state index contributed by atoms with van der Waals surface area (Å²) >= 11 is 0. The van der Waals surface area contributed by atoms with Crippen molar-refractivity contribution >= 4 is 18.3 Å². The molecular weight excluding hydrogens is 338 g/mol. The first-order chi connectivity index (χ1) is 12.5. The molecule has 1 N–H and O–H groups in total. The molecular formula is C18H31N3O5. The smallest absolute Gasteiger partial charge is 0.409 e. The van der Waals surface area contributed by atoms with Gasteiger partial charge in [0, 0.05) is 32.6 Å². The van der Waals surface area contributed by atoms with Crippen molar-refractivity contribution in [3.05, 3.63) is 0 Å². The van der Waals surface area contributed by atoms with Crippen LogP contribution in [0.15, 0.2) is 0 Å². The molecule has 2 fully saturated rings.